The summed E-state index contributed by atoms with van der Waals surface area (Å²) in [5.41, 5.74) is 3.52. The first-order chi connectivity index (χ1) is 17.7. The van der Waals surface area contributed by atoms with Gasteiger partial charge in [-0.1, -0.05) is 24.3 Å². The van der Waals surface area contributed by atoms with Gasteiger partial charge < -0.3 is 14.0 Å². The van der Waals surface area contributed by atoms with Gasteiger partial charge in [0, 0.05) is 31.8 Å². The Bertz CT molecular complexity index is 1220. The van der Waals surface area contributed by atoms with E-state index in [1.165, 1.54) is 12.1 Å². The molecule has 196 valence electrons. The van der Waals surface area contributed by atoms with Gasteiger partial charge in [0.15, 0.2) is 0 Å². The molecule has 0 amide bonds. The first kappa shape index (κ1) is 26.7. The number of benzene rings is 2. The molecule has 1 aliphatic heterocycles. The highest BCUT2D eigenvalue weighted by molar-refractivity contribution is 5.32. The van der Waals surface area contributed by atoms with Crippen molar-refractivity contribution in [2.45, 2.75) is 45.6 Å². The number of piperidine rings is 1. The fraction of sp³-hybridized carbons (Fsp3) is 0.429. The number of aryl methyl sites for hydroxylation is 1. The Hall–Kier alpha value is -3.35. The molecule has 0 atom stereocenters. The molecular weight excluding hydrogens is 481 g/mol. The molecule has 0 bridgehead atoms. The van der Waals surface area contributed by atoms with Gasteiger partial charge in [-0.25, -0.2) is 4.98 Å². The standard InChI is InChI=1S/C28H31F3N4O2/c1-21-33-17-25(35(21)18-23-8-6-22(16-32)7-9-23)19-34-12-10-27(11-13-34,20-36-2)15-24-4-3-5-26(14-24)37-28(29,30)31/h3-9,14,17H,10-13,15,18-20H2,1-2H3. The van der Waals surface area contributed by atoms with Crippen molar-refractivity contribution in [2.24, 2.45) is 5.41 Å². The average molecular weight is 513 g/mol. The maximum absolute atomic E-state index is 12.7. The van der Waals surface area contributed by atoms with Crippen LogP contribution in [0.4, 0.5) is 13.2 Å². The van der Waals surface area contributed by atoms with Crippen molar-refractivity contribution in [3.63, 3.8) is 0 Å². The molecule has 2 aromatic carbocycles. The summed E-state index contributed by atoms with van der Waals surface area (Å²) >= 11 is 0. The molecule has 4 rings (SSSR count). The van der Waals surface area contributed by atoms with Crippen LogP contribution < -0.4 is 4.74 Å². The van der Waals surface area contributed by atoms with Crippen molar-refractivity contribution < 1.29 is 22.6 Å². The summed E-state index contributed by atoms with van der Waals surface area (Å²) in [6.07, 6.45) is -0.428. The molecule has 0 radical (unpaired) electrons. The van der Waals surface area contributed by atoms with Crippen molar-refractivity contribution >= 4 is 0 Å². The molecule has 3 aromatic rings. The molecule has 9 heteroatoms. The molecule has 0 unspecified atom stereocenters. The Morgan fingerprint density at radius 3 is 2.43 bits per heavy atom. The van der Waals surface area contributed by atoms with Gasteiger partial charge in [-0.3, -0.25) is 4.90 Å². The fourth-order valence-corrected chi connectivity index (χ4v) is 5.10. The number of alkyl halides is 3. The number of methoxy groups -OCH3 is 1. The predicted octanol–water partition coefficient (Wildman–Crippen LogP) is 5.48. The van der Waals surface area contributed by atoms with E-state index in [1.54, 1.807) is 13.2 Å². The summed E-state index contributed by atoms with van der Waals surface area (Å²) in [7, 11) is 1.67. The van der Waals surface area contributed by atoms with Crippen LogP contribution in [0.1, 0.15) is 41.1 Å². The van der Waals surface area contributed by atoms with Crippen LogP contribution in [0.25, 0.3) is 0 Å². The van der Waals surface area contributed by atoms with Crippen LogP contribution in [0.5, 0.6) is 5.75 Å². The number of hydrogen-bond acceptors (Lipinski definition) is 5. The van der Waals surface area contributed by atoms with Crippen molar-refractivity contribution in [3.05, 3.63) is 82.9 Å². The number of ether oxygens (including phenoxy) is 2. The lowest BCUT2D eigenvalue weighted by atomic mass is 9.74. The number of likely N-dealkylation sites (tertiary alicyclic amines) is 1. The lowest BCUT2D eigenvalue weighted by Gasteiger charge is -2.41. The van der Waals surface area contributed by atoms with Crippen LogP contribution >= 0.6 is 0 Å². The predicted molar refractivity (Wildman–Crippen MR) is 133 cm³/mol. The van der Waals surface area contributed by atoms with Crippen molar-refractivity contribution in [3.8, 4) is 11.8 Å². The van der Waals surface area contributed by atoms with Gasteiger partial charge in [0.2, 0.25) is 0 Å². The van der Waals surface area contributed by atoms with Gasteiger partial charge in [0.1, 0.15) is 11.6 Å². The van der Waals surface area contributed by atoms with Gasteiger partial charge in [0.25, 0.3) is 0 Å². The molecular formula is C28H31F3N4O2. The summed E-state index contributed by atoms with van der Waals surface area (Å²) in [5, 5.41) is 9.04. The summed E-state index contributed by atoms with van der Waals surface area (Å²) in [5.74, 6) is 0.743. The molecule has 1 saturated heterocycles. The lowest BCUT2D eigenvalue weighted by Crippen LogP contribution is -2.43. The maximum atomic E-state index is 12.7. The van der Waals surface area contributed by atoms with E-state index in [0.717, 1.165) is 55.1 Å². The number of aromatic nitrogens is 2. The smallest absolute Gasteiger partial charge is 0.406 e. The number of imidazole rings is 1. The van der Waals surface area contributed by atoms with Gasteiger partial charge in [-0.15, -0.1) is 13.2 Å². The molecule has 1 aromatic heterocycles. The van der Waals surface area contributed by atoms with Gasteiger partial charge in [-0.2, -0.15) is 5.26 Å². The van der Waals surface area contributed by atoms with Crippen LogP contribution in [0, 0.1) is 23.7 Å². The van der Waals surface area contributed by atoms with Crippen LogP contribution in [0.15, 0.2) is 54.7 Å². The van der Waals surface area contributed by atoms with Crippen molar-refractivity contribution in [1.29, 1.82) is 5.26 Å². The highest BCUT2D eigenvalue weighted by Gasteiger charge is 2.36. The summed E-state index contributed by atoms with van der Waals surface area (Å²) < 4.78 is 49.9. The Kier molecular flexibility index (Phi) is 8.20. The second kappa shape index (κ2) is 11.4. The number of halogens is 3. The van der Waals surface area contributed by atoms with Gasteiger partial charge >= 0.3 is 6.36 Å². The average Bonchev–Trinajstić information content (AvgIpc) is 3.19. The van der Waals surface area contributed by atoms with E-state index in [9.17, 15) is 13.2 Å². The van der Waals surface area contributed by atoms with Crippen LogP contribution in [0.3, 0.4) is 0 Å². The van der Waals surface area contributed by atoms with E-state index < -0.39 is 6.36 Å². The Balaban J connectivity index is 1.41. The summed E-state index contributed by atoms with van der Waals surface area (Å²) in [4.78, 5) is 6.92. The maximum Gasteiger partial charge on any atom is 0.573 e. The third-order valence-corrected chi connectivity index (χ3v) is 7.03. The highest BCUT2D eigenvalue weighted by atomic mass is 19.4. The lowest BCUT2D eigenvalue weighted by molar-refractivity contribution is -0.274. The minimum Gasteiger partial charge on any atom is -0.406 e. The number of hydrogen-bond donors (Lipinski definition) is 0. The fourth-order valence-electron chi connectivity index (χ4n) is 5.10. The summed E-state index contributed by atoms with van der Waals surface area (Å²) in [6, 6.07) is 16.0. The molecule has 0 aliphatic carbocycles. The Morgan fingerprint density at radius 1 is 1.05 bits per heavy atom. The van der Waals surface area contributed by atoms with E-state index in [-0.39, 0.29) is 11.2 Å². The number of nitrogens with zero attached hydrogens (tertiary/aromatic N) is 4. The van der Waals surface area contributed by atoms with Gasteiger partial charge in [0.05, 0.1) is 23.9 Å². The minimum absolute atomic E-state index is 0.152. The van der Waals surface area contributed by atoms with Crippen molar-refractivity contribution in [1.82, 2.24) is 14.5 Å². The normalized spacial score (nSPS) is 15.9. The number of rotatable bonds is 9. The minimum atomic E-state index is -4.71. The molecule has 1 aliphatic rings. The zero-order chi connectivity index (χ0) is 26.5. The highest BCUT2D eigenvalue weighted by Crippen LogP contribution is 2.37. The van der Waals surface area contributed by atoms with E-state index in [4.69, 9.17) is 10.00 Å². The first-order valence-electron chi connectivity index (χ1n) is 12.2. The van der Waals surface area contributed by atoms with Crippen LogP contribution in [-0.4, -0.2) is 47.6 Å². The number of nitriles is 1. The zero-order valence-electron chi connectivity index (χ0n) is 21.1. The SMILES string of the molecule is COCC1(Cc2cccc(OC(F)(F)F)c2)CCN(Cc2cnc(C)n2Cc2ccc(C#N)cc2)CC1. The van der Waals surface area contributed by atoms with E-state index in [1.807, 2.05) is 43.5 Å². The van der Waals surface area contributed by atoms with E-state index in [2.05, 4.69) is 25.3 Å². The molecule has 0 spiro atoms. The zero-order valence-corrected chi connectivity index (χ0v) is 21.1. The third-order valence-electron chi connectivity index (χ3n) is 7.03. The quantitative estimate of drug-likeness (QED) is 0.380. The van der Waals surface area contributed by atoms with E-state index >= 15 is 0 Å². The molecule has 1 fully saturated rings. The second-order valence-electron chi connectivity index (χ2n) is 9.77. The molecule has 37 heavy (non-hydrogen) atoms. The molecule has 0 saturated carbocycles. The summed E-state index contributed by atoms with van der Waals surface area (Å²) in [6.45, 7) is 5.68. The first-order valence-corrected chi connectivity index (χ1v) is 12.2. The second-order valence-corrected chi connectivity index (χ2v) is 9.77. The third kappa shape index (κ3) is 7.12. The van der Waals surface area contributed by atoms with Gasteiger partial charge in [-0.05, 0) is 74.7 Å². The molecule has 2 heterocycles. The largest absolute Gasteiger partial charge is 0.573 e. The Labute approximate surface area is 215 Å². The van der Waals surface area contributed by atoms with E-state index in [0.29, 0.717) is 25.1 Å². The molecule has 6 nitrogen and oxygen atoms in total. The van der Waals surface area contributed by atoms with Crippen LogP contribution in [-0.2, 0) is 24.2 Å². The topological polar surface area (TPSA) is 63.3 Å². The Morgan fingerprint density at radius 2 is 1.78 bits per heavy atom. The van der Waals surface area contributed by atoms with Crippen LogP contribution in [0.2, 0.25) is 0 Å². The van der Waals surface area contributed by atoms with Crippen molar-refractivity contribution in [2.75, 3.05) is 26.8 Å². The molecule has 0 N–H and O–H groups in total. The monoisotopic (exact) mass is 512 g/mol.